The summed E-state index contributed by atoms with van der Waals surface area (Å²) in [7, 11) is 0. The van der Waals surface area contributed by atoms with Crippen molar-refractivity contribution in [3.8, 4) is 12.3 Å². The van der Waals surface area contributed by atoms with Gasteiger partial charge in [-0.25, -0.2) is 0 Å². The predicted octanol–water partition coefficient (Wildman–Crippen LogP) is 3.20. The summed E-state index contributed by atoms with van der Waals surface area (Å²) in [5, 5.41) is 0. The van der Waals surface area contributed by atoms with E-state index in [1.165, 1.54) is 10.4 Å². The number of likely N-dealkylation sites (tertiary alicyclic amines) is 1. The Hall–Kier alpha value is -0.820. The Balaban J connectivity index is 1.88. The summed E-state index contributed by atoms with van der Waals surface area (Å²) in [6.45, 7) is 7.19. The minimum atomic E-state index is -0.0397. The van der Waals surface area contributed by atoms with Gasteiger partial charge < -0.3 is 4.74 Å². The lowest BCUT2D eigenvalue weighted by molar-refractivity contribution is -0.109. The highest BCUT2D eigenvalue weighted by Gasteiger charge is 2.44. The fourth-order valence-electron chi connectivity index (χ4n) is 3.63. The van der Waals surface area contributed by atoms with Crippen LogP contribution in [-0.4, -0.2) is 30.6 Å². The molecule has 1 fully saturated rings. The van der Waals surface area contributed by atoms with Gasteiger partial charge in [0.1, 0.15) is 0 Å². The van der Waals surface area contributed by atoms with Crippen LogP contribution < -0.4 is 0 Å². The molecule has 1 aromatic heterocycles. The van der Waals surface area contributed by atoms with Crippen LogP contribution in [0.25, 0.3) is 0 Å². The summed E-state index contributed by atoms with van der Waals surface area (Å²) in [5.74, 6) is 2.78. The molecule has 20 heavy (non-hydrogen) atoms. The molecule has 0 bridgehead atoms. The van der Waals surface area contributed by atoms with E-state index in [0.717, 1.165) is 45.4 Å². The molecule has 2 aliphatic rings. The molecule has 2 aliphatic heterocycles. The van der Waals surface area contributed by atoms with E-state index in [-0.39, 0.29) is 5.60 Å². The SMILES string of the molecule is C#CCN1CC[C@@]2(C[C@@H]1C)OCCc1sc(CC)cc12. The maximum absolute atomic E-state index is 6.32. The number of ether oxygens (including phenoxy) is 1. The molecule has 0 aliphatic carbocycles. The van der Waals surface area contributed by atoms with Gasteiger partial charge >= 0.3 is 0 Å². The van der Waals surface area contributed by atoms with Crippen molar-refractivity contribution in [1.82, 2.24) is 4.90 Å². The van der Waals surface area contributed by atoms with Crippen LogP contribution in [0.5, 0.6) is 0 Å². The predicted molar refractivity (Wildman–Crippen MR) is 84.1 cm³/mol. The average Bonchev–Trinajstić information content (AvgIpc) is 2.87. The molecular formula is C17H23NOS. The number of rotatable bonds is 2. The number of hydrogen-bond acceptors (Lipinski definition) is 3. The van der Waals surface area contributed by atoms with Crippen molar-refractivity contribution >= 4 is 11.3 Å². The average molecular weight is 289 g/mol. The van der Waals surface area contributed by atoms with Crippen LogP contribution in [0.4, 0.5) is 0 Å². The molecule has 0 aromatic carbocycles. The van der Waals surface area contributed by atoms with E-state index in [1.54, 1.807) is 4.88 Å². The molecule has 3 heteroatoms. The van der Waals surface area contributed by atoms with E-state index < -0.39 is 0 Å². The Labute approximate surface area is 126 Å². The van der Waals surface area contributed by atoms with Crippen LogP contribution in [0, 0.1) is 12.3 Å². The molecule has 0 N–H and O–H groups in total. The van der Waals surface area contributed by atoms with Gasteiger partial charge in [-0.3, -0.25) is 4.90 Å². The Morgan fingerprint density at radius 1 is 1.60 bits per heavy atom. The second-order valence-corrected chi connectivity index (χ2v) is 7.19. The first-order chi connectivity index (χ1) is 9.68. The third-order valence-electron chi connectivity index (χ3n) is 4.75. The van der Waals surface area contributed by atoms with Crippen LogP contribution >= 0.6 is 11.3 Å². The van der Waals surface area contributed by atoms with E-state index in [9.17, 15) is 0 Å². The maximum Gasteiger partial charge on any atom is 0.0969 e. The molecule has 1 aromatic rings. The number of piperidine rings is 1. The minimum Gasteiger partial charge on any atom is -0.370 e. The Morgan fingerprint density at radius 3 is 3.15 bits per heavy atom. The van der Waals surface area contributed by atoms with Crippen molar-refractivity contribution in [2.24, 2.45) is 0 Å². The van der Waals surface area contributed by atoms with Gasteiger partial charge in [0, 0.05) is 28.8 Å². The van der Waals surface area contributed by atoms with Crippen molar-refractivity contribution in [2.75, 3.05) is 19.7 Å². The van der Waals surface area contributed by atoms with Gasteiger partial charge in [0.25, 0.3) is 0 Å². The first-order valence-electron chi connectivity index (χ1n) is 7.62. The summed E-state index contributed by atoms with van der Waals surface area (Å²) < 4.78 is 6.32. The summed E-state index contributed by atoms with van der Waals surface area (Å²) >= 11 is 1.99. The van der Waals surface area contributed by atoms with Crippen molar-refractivity contribution in [3.63, 3.8) is 0 Å². The lowest BCUT2D eigenvalue weighted by atomic mass is 9.79. The molecule has 1 saturated heterocycles. The smallest absolute Gasteiger partial charge is 0.0969 e. The van der Waals surface area contributed by atoms with E-state index in [4.69, 9.17) is 11.2 Å². The molecule has 0 unspecified atom stereocenters. The second kappa shape index (κ2) is 5.52. The van der Waals surface area contributed by atoms with Crippen molar-refractivity contribution < 1.29 is 4.74 Å². The molecule has 3 rings (SSSR count). The number of terminal acetylenes is 1. The van der Waals surface area contributed by atoms with Gasteiger partial charge in [0.2, 0.25) is 0 Å². The standard InChI is InChI=1S/C17H23NOS/c1-4-8-18-9-7-17(12-13(18)3)15-11-14(5-2)20-16(15)6-10-19-17/h1,11,13H,5-10,12H2,2-3H3/t13-,17-/m0/s1. The van der Waals surface area contributed by atoms with Crippen molar-refractivity contribution in [2.45, 2.75) is 51.2 Å². The Morgan fingerprint density at radius 2 is 2.45 bits per heavy atom. The number of hydrogen-bond donors (Lipinski definition) is 0. The van der Waals surface area contributed by atoms with Gasteiger partial charge in [-0.2, -0.15) is 0 Å². The number of thiophene rings is 1. The molecular weight excluding hydrogens is 266 g/mol. The van der Waals surface area contributed by atoms with Gasteiger partial charge in [-0.15, -0.1) is 17.8 Å². The lowest BCUT2D eigenvalue weighted by Gasteiger charge is -2.46. The minimum absolute atomic E-state index is 0.0397. The summed E-state index contributed by atoms with van der Waals surface area (Å²) in [4.78, 5) is 5.46. The summed E-state index contributed by atoms with van der Waals surface area (Å²) in [5.41, 5.74) is 1.44. The van der Waals surface area contributed by atoms with Gasteiger partial charge in [0.05, 0.1) is 18.8 Å². The lowest BCUT2D eigenvalue weighted by Crippen LogP contribution is -2.50. The van der Waals surface area contributed by atoms with Crippen molar-refractivity contribution in [1.29, 1.82) is 0 Å². The van der Waals surface area contributed by atoms with Crippen LogP contribution in [0.15, 0.2) is 6.07 Å². The first kappa shape index (κ1) is 14.1. The van der Waals surface area contributed by atoms with E-state index >= 15 is 0 Å². The topological polar surface area (TPSA) is 12.5 Å². The molecule has 108 valence electrons. The molecule has 0 saturated carbocycles. The van der Waals surface area contributed by atoms with E-state index in [0.29, 0.717) is 6.04 Å². The van der Waals surface area contributed by atoms with Gasteiger partial charge in [-0.05, 0) is 37.8 Å². The number of aryl methyl sites for hydroxylation is 1. The fraction of sp³-hybridized carbons (Fsp3) is 0.647. The highest BCUT2D eigenvalue weighted by atomic mass is 32.1. The highest BCUT2D eigenvalue weighted by Crippen LogP contribution is 2.46. The van der Waals surface area contributed by atoms with Gasteiger partial charge in [-0.1, -0.05) is 12.8 Å². The zero-order chi connectivity index (χ0) is 14.2. The van der Waals surface area contributed by atoms with Crippen LogP contribution in [0.1, 0.15) is 42.0 Å². The quantitative estimate of drug-likeness (QED) is 0.775. The zero-order valence-corrected chi connectivity index (χ0v) is 13.3. The molecule has 0 radical (unpaired) electrons. The van der Waals surface area contributed by atoms with E-state index in [2.05, 4.69) is 30.7 Å². The molecule has 2 atom stereocenters. The largest absolute Gasteiger partial charge is 0.370 e. The number of nitrogens with zero attached hydrogens (tertiary/aromatic N) is 1. The second-order valence-electron chi connectivity index (χ2n) is 5.97. The zero-order valence-electron chi connectivity index (χ0n) is 12.4. The van der Waals surface area contributed by atoms with Crippen LogP contribution in [0.2, 0.25) is 0 Å². The summed E-state index contributed by atoms with van der Waals surface area (Å²) in [6, 6.07) is 2.90. The van der Waals surface area contributed by atoms with Crippen LogP contribution in [0.3, 0.4) is 0 Å². The molecule has 3 heterocycles. The fourth-order valence-corrected chi connectivity index (χ4v) is 4.81. The third kappa shape index (κ3) is 2.30. The third-order valence-corrected chi connectivity index (χ3v) is 6.09. The Bertz CT molecular complexity index is 530. The monoisotopic (exact) mass is 289 g/mol. The summed E-state index contributed by atoms with van der Waals surface area (Å²) in [6.07, 6.45) is 9.83. The van der Waals surface area contributed by atoms with E-state index in [1.807, 2.05) is 11.3 Å². The highest BCUT2D eigenvalue weighted by molar-refractivity contribution is 7.12. The molecule has 2 nitrogen and oxygen atoms in total. The maximum atomic E-state index is 6.32. The molecule has 1 spiro atoms. The Kier molecular flexibility index (Phi) is 3.90. The normalized spacial score (nSPS) is 30.1. The van der Waals surface area contributed by atoms with Crippen LogP contribution in [-0.2, 0) is 23.2 Å². The first-order valence-corrected chi connectivity index (χ1v) is 8.43. The van der Waals surface area contributed by atoms with Gasteiger partial charge in [0.15, 0.2) is 0 Å². The van der Waals surface area contributed by atoms with Crippen molar-refractivity contribution in [3.05, 3.63) is 21.4 Å². The molecule has 0 amide bonds. The number of fused-ring (bicyclic) bond motifs is 2.